The van der Waals surface area contributed by atoms with E-state index in [2.05, 4.69) is 25.8 Å². The standard InChI is InChI=1S/C13H17BrN2O2S/c14-13-10(15-8-19-13)6-16-4-5-18-7-11(16)9-2-1-3-12(9)17/h8-9,11H,1-7H2. The van der Waals surface area contributed by atoms with Gasteiger partial charge in [-0.1, -0.05) is 0 Å². The summed E-state index contributed by atoms with van der Waals surface area (Å²) in [5.41, 5.74) is 2.93. The lowest BCUT2D eigenvalue weighted by molar-refractivity contribution is -0.125. The molecular formula is C13H17BrN2O2S. The maximum Gasteiger partial charge on any atom is 0.137 e. The summed E-state index contributed by atoms with van der Waals surface area (Å²) in [6.45, 7) is 3.12. The maximum atomic E-state index is 12.0. The van der Waals surface area contributed by atoms with Crippen LogP contribution in [0.15, 0.2) is 9.30 Å². The zero-order valence-electron chi connectivity index (χ0n) is 10.7. The van der Waals surface area contributed by atoms with Gasteiger partial charge in [0.2, 0.25) is 0 Å². The van der Waals surface area contributed by atoms with E-state index < -0.39 is 0 Å². The van der Waals surface area contributed by atoms with E-state index in [9.17, 15) is 4.79 Å². The van der Waals surface area contributed by atoms with Crippen LogP contribution in [0.25, 0.3) is 0 Å². The molecule has 0 aromatic carbocycles. The highest BCUT2D eigenvalue weighted by molar-refractivity contribution is 9.11. The Kier molecular flexibility index (Phi) is 4.31. The van der Waals surface area contributed by atoms with Gasteiger partial charge in [-0.05, 0) is 28.8 Å². The molecule has 1 saturated carbocycles. The second-order valence-electron chi connectivity index (χ2n) is 5.15. The van der Waals surface area contributed by atoms with Gasteiger partial charge in [0, 0.05) is 31.5 Å². The number of thiazole rings is 1. The van der Waals surface area contributed by atoms with Crippen molar-refractivity contribution < 1.29 is 9.53 Å². The molecule has 0 bridgehead atoms. The fourth-order valence-electron chi connectivity index (χ4n) is 3.02. The molecule has 4 nitrogen and oxygen atoms in total. The van der Waals surface area contributed by atoms with Gasteiger partial charge in [0.1, 0.15) is 5.78 Å². The summed E-state index contributed by atoms with van der Waals surface area (Å²) in [6, 6.07) is 0.234. The molecule has 1 aliphatic heterocycles. The van der Waals surface area contributed by atoms with Crippen LogP contribution in [0.2, 0.25) is 0 Å². The molecule has 0 amide bonds. The smallest absolute Gasteiger partial charge is 0.137 e. The number of ketones is 1. The normalized spacial score (nSPS) is 29.0. The fraction of sp³-hybridized carbons (Fsp3) is 0.692. The third kappa shape index (κ3) is 2.91. The highest BCUT2D eigenvalue weighted by Gasteiger charge is 2.37. The molecule has 1 aromatic rings. The minimum atomic E-state index is 0.165. The van der Waals surface area contributed by atoms with Crippen LogP contribution < -0.4 is 0 Å². The first-order valence-corrected chi connectivity index (χ1v) is 8.35. The molecule has 0 spiro atoms. The summed E-state index contributed by atoms with van der Waals surface area (Å²) in [5, 5.41) is 0. The quantitative estimate of drug-likeness (QED) is 0.844. The second-order valence-corrected chi connectivity index (χ2v) is 7.32. The van der Waals surface area contributed by atoms with E-state index in [1.54, 1.807) is 11.3 Å². The number of ether oxygens (including phenoxy) is 1. The summed E-state index contributed by atoms with van der Waals surface area (Å²) >= 11 is 5.15. The molecule has 2 fully saturated rings. The Morgan fingerprint density at radius 3 is 3.16 bits per heavy atom. The average molecular weight is 345 g/mol. The van der Waals surface area contributed by atoms with Crippen LogP contribution in [0.3, 0.4) is 0 Å². The van der Waals surface area contributed by atoms with Gasteiger partial charge in [-0.3, -0.25) is 9.69 Å². The van der Waals surface area contributed by atoms with Gasteiger partial charge in [0.25, 0.3) is 0 Å². The zero-order valence-corrected chi connectivity index (χ0v) is 13.1. The molecule has 1 aliphatic carbocycles. The van der Waals surface area contributed by atoms with Gasteiger partial charge in [-0.25, -0.2) is 4.98 Å². The molecule has 6 heteroatoms. The molecule has 0 radical (unpaired) electrons. The first kappa shape index (κ1) is 13.7. The number of rotatable bonds is 3. The van der Waals surface area contributed by atoms with Crippen LogP contribution in [0.1, 0.15) is 25.0 Å². The van der Waals surface area contributed by atoms with Crippen LogP contribution in [-0.4, -0.2) is 41.5 Å². The molecular weight excluding hydrogens is 328 g/mol. The zero-order chi connectivity index (χ0) is 13.2. The van der Waals surface area contributed by atoms with E-state index in [1.807, 2.05) is 5.51 Å². The summed E-state index contributed by atoms with van der Waals surface area (Å²) in [5.74, 6) is 0.579. The lowest BCUT2D eigenvalue weighted by Crippen LogP contribution is -2.50. The summed E-state index contributed by atoms with van der Waals surface area (Å²) in [4.78, 5) is 18.7. The molecule has 19 heavy (non-hydrogen) atoms. The number of morpholine rings is 1. The summed E-state index contributed by atoms with van der Waals surface area (Å²) < 4.78 is 6.69. The summed E-state index contributed by atoms with van der Waals surface area (Å²) in [7, 11) is 0. The Balaban J connectivity index is 1.74. The lowest BCUT2D eigenvalue weighted by atomic mass is 9.95. The highest BCUT2D eigenvalue weighted by Crippen LogP contribution is 2.31. The fourth-order valence-corrected chi connectivity index (χ4v) is 4.03. The third-order valence-corrected chi connectivity index (χ3v) is 5.71. The van der Waals surface area contributed by atoms with Gasteiger partial charge >= 0.3 is 0 Å². The van der Waals surface area contributed by atoms with E-state index >= 15 is 0 Å². The van der Waals surface area contributed by atoms with Crippen molar-refractivity contribution >= 4 is 33.0 Å². The number of Topliss-reactive ketones (excluding diaryl/α,β-unsaturated/α-hetero) is 1. The van der Waals surface area contributed by atoms with E-state index in [0.717, 1.165) is 48.4 Å². The Morgan fingerprint density at radius 2 is 2.47 bits per heavy atom. The first-order chi connectivity index (χ1) is 9.25. The minimum absolute atomic E-state index is 0.165. The molecule has 2 heterocycles. The van der Waals surface area contributed by atoms with Crippen LogP contribution in [0, 0.1) is 5.92 Å². The van der Waals surface area contributed by atoms with Gasteiger partial charge in [0.15, 0.2) is 0 Å². The predicted octanol–water partition coefficient (Wildman–Crippen LogP) is 2.48. The number of halogens is 1. The van der Waals surface area contributed by atoms with Crippen molar-refractivity contribution in [1.29, 1.82) is 0 Å². The van der Waals surface area contributed by atoms with Crippen molar-refractivity contribution in [3.8, 4) is 0 Å². The maximum absolute atomic E-state index is 12.0. The topological polar surface area (TPSA) is 42.4 Å². The van der Waals surface area contributed by atoms with Gasteiger partial charge < -0.3 is 4.74 Å². The SMILES string of the molecule is O=C1CCCC1C1COCCN1Cc1ncsc1Br. The molecule has 1 aromatic heterocycles. The number of hydrogen-bond acceptors (Lipinski definition) is 5. The molecule has 2 atom stereocenters. The molecule has 0 N–H and O–H groups in total. The van der Waals surface area contributed by atoms with E-state index in [1.165, 1.54) is 0 Å². The predicted molar refractivity (Wildman–Crippen MR) is 77.2 cm³/mol. The number of hydrogen-bond donors (Lipinski definition) is 0. The number of aromatic nitrogens is 1. The molecule has 3 rings (SSSR count). The van der Waals surface area contributed by atoms with Crippen LogP contribution in [0.4, 0.5) is 0 Å². The van der Waals surface area contributed by atoms with Gasteiger partial charge in [-0.15, -0.1) is 11.3 Å². The molecule has 1 saturated heterocycles. The largest absolute Gasteiger partial charge is 0.378 e. The number of nitrogens with zero attached hydrogens (tertiary/aromatic N) is 2. The van der Waals surface area contributed by atoms with Crippen molar-refractivity contribution in [2.24, 2.45) is 5.92 Å². The molecule has 104 valence electrons. The summed E-state index contributed by atoms with van der Waals surface area (Å²) in [6.07, 6.45) is 2.80. The Labute approximate surface area is 125 Å². The number of carbonyl (C=O) groups is 1. The Morgan fingerprint density at radius 1 is 1.58 bits per heavy atom. The van der Waals surface area contributed by atoms with E-state index in [0.29, 0.717) is 12.4 Å². The van der Waals surface area contributed by atoms with Crippen molar-refractivity contribution in [3.05, 3.63) is 15.0 Å². The van der Waals surface area contributed by atoms with Crippen LogP contribution in [0.5, 0.6) is 0 Å². The number of carbonyl (C=O) groups excluding carboxylic acids is 1. The highest BCUT2D eigenvalue weighted by atomic mass is 79.9. The lowest BCUT2D eigenvalue weighted by Gasteiger charge is -2.38. The molecule has 2 aliphatic rings. The van der Waals surface area contributed by atoms with Crippen molar-refractivity contribution in [1.82, 2.24) is 9.88 Å². The molecule has 2 unspecified atom stereocenters. The van der Waals surface area contributed by atoms with E-state index in [4.69, 9.17) is 4.74 Å². The Hall–Kier alpha value is -0.300. The van der Waals surface area contributed by atoms with Crippen molar-refractivity contribution in [3.63, 3.8) is 0 Å². The monoisotopic (exact) mass is 344 g/mol. The van der Waals surface area contributed by atoms with Crippen molar-refractivity contribution in [2.75, 3.05) is 19.8 Å². The first-order valence-electron chi connectivity index (χ1n) is 6.68. The second kappa shape index (κ2) is 5.99. The van der Waals surface area contributed by atoms with Crippen LogP contribution >= 0.6 is 27.3 Å². The van der Waals surface area contributed by atoms with Gasteiger partial charge in [-0.2, -0.15) is 0 Å². The average Bonchev–Trinajstić information content (AvgIpc) is 3.00. The minimum Gasteiger partial charge on any atom is -0.378 e. The van der Waals surface area contributed by atoms with E-state index in [-0.39, 0.29) is 12.0 Å². The van der Waals surface area contributed by atoms with Crippen LogP contribution in [-0.2, 0) is 16.1 Å². The Bertz CT molecular complexity index is 465. The van der Waals surface area contributed by atoms with Crippen molar-refractivity contribution in [2.45, 2.75) is 31.8 Å². The van der Waals surface area contributed by atoms with Gasteiger partial charge in [0.05, 0.1) is 28.2 Å². The third-order valence-electron chi connectivity index (χ3n) is 4.04.